The Hall–Kier alpha value is -1.94. The van der Waals surface area contributed by atoms with E-state index in [9.17, 15) is 4.79 Å². The van der Waals surface area contributed by atoms with E-state index >= 15 is 0 Å². The maximum Gasteiger partial charge on any atom is 0.169 e. The number of aromatic nitrogens is 2. The Morgan fingerprint density at radius 1 is 1.35 bits per heavy atom. The Balaban J connectivity index is 2.26. The van der Waals surface area contributed by atoms with Crippen molar-refractivity contribution in [3.63, 3.8) is 0 Å². The largest absolute Gasteiger partial charge is 0.350 e. The fourth-order valence-electron chi connectivity index (χ4n) is 1.98. The van der Waals surface area contributed by atoms with E-state index in [1.165, 1.54) is 22.2 Å². The Kier molecular flexibility index (Phi) is 2.30. The minimum atomic E-state index is 0.498. The lowest BCUT2D eigenvalue weighted by molar-refractivity contribution is 0.111. The molecular formula is C13H10N2OS. The molecule has 0 spiro atoms. The number of rotatable bonds is 2. The summed E-state index contributed by atoms with van der Waals surface area (Å²) in [4.78, 5) is 15.0. The van der Waals surface area contributed by atoms with Crippen molar-refractivity contribution in [1.29, 1.82) is 0 Å². The number of nitrogens with zero attached hydrogens (tertiary/aromatic N) is 2. The van der Waals surface area contributed by atoms with Crippen LogP contribution in [-0.4, -0.2) is 15.8 Å². The summed E-state index contributed by atoms with van der Waals surface area (Å²) in [6, 6.07) is 8.19. The van der Waals surface area contributed by atoms with Crippen molar-refractivity contribution in [3.05, 3.63) is 41.5 Å². The summed E-state index contributed by atoms with van der Waals surface area (Å²) in [7, 11) is 2.01. The molecule has 0 fully saturated rings. The van der Waals surface area contributed by atoms with Gasteiger partial charge in [-0.15, -0.1) is 11.3 Å². The van der Waals surface area contributed by atoms with Gasteiger partial charge in [0.25, 0.3) is 0 Å². The van der Waals surface area contributed by atoms with Gasteiger partial charge in [-0.05, 0) is 6.07 Å². The van der Waals surface area contributed by atoms with Crippen LogP contribution in [0.25, 0.3) is 21.5 Å². The van der Waals surface area contributed by atoms with E-state index < -0.39 is 0 Å². The first-order valence-corrected chi connectivity index (χ1v) is 6.12. The van der Waals surface area contributed by atoms with Gasteiger partial charge in [0.1, 0.15) is 10.7 Å². The molecule has 0 radical (unpaired) electrons. The second-order valence-corrected chi connectivity index (χ2v) is 4.72. The van der Waals surface area contributed by atoms with E-state index in [4.69, 9.17) is 0 Å². The van der Waals surface area contributed by atoms with Crippen molar-refractivity contribution in [1.82, 2.24) is 9.55 Å². The first-order valence-electron chi connectivity index (χ1n) is 5.25. The summed E-state index contributed by atoms with van der Waals surface area (Å²) in [5.41, 5.74) is 2.75. The lowest BCUT2D eigenvalue weighted by Crippen LogP contribution is -1.81. The highest BCUT2D eigenvalue weighted by atomic mass is 32.1. The molecule has 3 nitrogen and oxygen atoms in total. The summed E-state index contributed by atoms with van der Waals surface area (Å²) in [5.74, 6) is 0. The molecular weight excluding hydrogens is 232 g/mol. The number of hydrogen-bond acceptors (Lipinski definition) is 3. The van der Waals surface area contributed by atoms with Gasteiger partial charge >= 0.3 is 0 Å². The van der Waals surface area contributed by atoms with Gasteiger partial charge in [-0.25, -0.2) is 4.98 Å². The molecule has 0 saturated heterocycles. The van der Waals surface area contributed by atoms with Crippen LogP contribution in [0.2, 0.25) is 0 Å². The third-order valence-corrected chi connectivity index (χ3v) is 3.66. The smallest absolute Gasteiger partial charge is 0.169 e. The summed E-state index contributed by atoms with van der Waals surface area (Å²) >= 11 is 1.50. The molecule has 0 bridgehead atoms. The fourth-order valence-corrected chi connectivity index (χ4v) is 2.76. The monoisotopic (exact) mass is 242 g/mol. The predicted octanol–water partition coefficient (Wildman–Crippen LogP) is 3.11. The van der Waals surface area contributed by atoms with Gasteiger partial charge in [-0.3, -0.25) is 4.79 Å². The van der Waals surface area contributed by atoms with Gasteiger partial charge in [0, 0.05) is 35.1 Å². The van der Waals surface area contributed by atoms with Crippen molar-refractivity contribution < 1.29 is 4.79 Å². The lowest BCUT2D eigenvalue weighted by Gasteiger charge is -1.93. The second kappa shape index (κ2) is 3.82. The molecule has 84 valence electrons. The molecule has 3 rings (SSSR count). The van der Waals surface area contributed by atoms with Crippen LogP contribution in [0.5, 0.6) is 0 Å². The lowest BCUT2D eigenvalue weighted by atomic mass is 10.2. The van der Waals surface area contributed by atoms with E-state index in [0.717, 1.165) is 16.9 Å². The van der Waals surface area contributed by atoms with Crippen molar-refractivity contribution in [2.45, 2.75) is 0 Å². The number of carbonyl (C=O) groups is 1. The van der Waals surface area contributed by atoms with Crippen LogP contribution in [0, 0.1) is 0 Å². The zero-order valence-corrected chi connectivity index (χ0v) is 10.1. The van der Waals surface area contributed by atoms with Crippen molar-refractivity contribution in [2.24, 2.45) is 7.05 Å². The molecule has 0 aliphatic heterocycles. The first kappa shape index (κ1) is 10.2. The second-order valence-electron chi connectivity index (χ2n) is 3.87. The quantitative estimate of drug-likeness (QED) is 0.647. The third-order valence-electron chi connectivity index (χ3n) is 2.77. The topological polar surface area (TPSA) is 34.9 Å². The summed E-state index contributed by atoms with van der Waals surface area (Å²) < 4.78 is 2.08. The standard InChI is InChI=1S/C13H10N2OS/c1-15-6-11(10-4-2-3-5-12(10)15)13-14-9(7-16)8-17-13/h2-8H,1H3. The van der Waals surface area contributed by atoms with E-state index in [-0.39, 0.29) is 0 Å². The number of benzene rings is 1. The number of para-hydroxylation sites is 1. The summed E-state index contributed by atoms with van der Waals surface area (Å²) in [6.07, 6.45) is 2.84. The number of thiazole rings is 1. The summed E-state index contributed by atoms with van der Waals surface area (Å²) in [5, 5.41) is 3.84. The fraction of sp³-hybridized carbons (Fsp3) is 0.0769. The molecule has 2 aromatic heterocycles. The van der Waals surface area contributed by atoms with Crippen LogP contribution in [0.15, 0.2) is 35.8 Å². The molecule has 17 heavy (non-hydrogen) atoms. The van der Waals surface area contributed by atoms with E-state index in [0.29, 0.717) is 5.69 Å². The molecule has 0 saturated carbocycles. The number of fused-ring (bicyclic) bond motifs is 1. The van der Waals surface area contributed by atoms with E-state index in [2.05, 4.69) is 27.9 Å². The van der Waals surface area contributed by atoms with Gasteiger partial charge in [-0.1, -0.05) is 18.2 Å². The average molecular weight is 242 g/mol. The Bertz CT molecular complexity index is 696. The maximum atomic E-state index is 10.7. The molecule has 0 N–H and O–H groups in total. The molecule has 4 heteroatoms. The molecule has 3 aromatic rings. The van der Waals surface area contributed by atoms with Gasteiger partial charge in [0.05, 0.1) is 0 Å². The van der Waals surface area contributed by atoms with Crippen LogP contribution in [0.3, 0.4) is 0 Å². The van der Waals surface area contributed by atoms with Crippen molar-refractivity contribution in [3.8, 4) is 10.6 Å². The minimum absolute atomic E-state index is 0.498. The van der Waals surface area contributed by atoms with E-state index in [1.807, 2.05) is 19.2 Å². The Morgan fingerprint density at radius 3 is 2.94 bits per heavy atom. The number of carbonyl (C=O) groups excluding carboxylic acids is 1. The molecule has 0 aliphatic carbocycles. The van der Waals surface area contributed by atoms with Gasteiger partial charge in [0.15, 0.2) is 6.29 Å². The van der Waals surface area contributed by atoms with Gasteiger partial charge < -0.3 is 4.57 Å². The first-order chi connectivity index (χ1) is 8.29. The highest BCUT2D eigenvalue weighted by Crippen LogP contribution is 2.31. The number of hydrogen-bond donors (Lipinski definition) is 0. The average Bonchev–Trinajstić information content (AvgIpc) is 2.95. The van der Waals surface area contributed by atoms with Crippen LogP contribution < -0.4 is 0 Å². The zero-order chi connectivity index (χ0) is 11.8. The maximum absolute atomic E-state index is 10.7. The van der Waals surface area contributed by atoms with Crippen LogP contribution in [0.4, 0.5) is 0 Å². The van der Waals surface area contributed by atoms with Crippen molar-refractivity contribution >= 4 is 28.5 Å². The Morgan fingerprint density at radius 2 is 2.18 bits per heavy atom. The predicted molar refractivity (Wildman–Crippen MR) is 69.4 cm³/mol. The molecule has 0 amide bonds. The van der Waals surface area contributed by atoms with Crippen molar-refractivity contribution in [2.75, 3.05) is 0 Å². The summed E-state index contributed by atoms with van der Waals surface area (Å²) in [6.45, 7) is 0. The SMILES string of the molecule is Cn1cc(-c2nc(C=O)cs2)c2ccccc21. The molecule has 2 heterocycles. The number of aryl methyl sites for hydroxylation is 1. The minimum Gasteiger partial charge on any atom is -0.350 e. The highest BCUT2D eigenvalue weighted by molar-refractivity contribution is 7.13. The normalized spacial score (nSPS) is 10.9. The van der Waals surface area contributed by atoms with E-state index in [1.54, 1.807) is 5.38 Å². The molecule has 0 aliphatic rings. The zero-order valence-electron chi connectivity index (χ0n) is 9.25. The van der Waals surface area contributed by atoms with Gasteiger partial charge in [0.2, 0.25) is 0 Å². The highest BCUT2D eigenvalue weighted by Gasteiger charge is 2.11. The van der Waals surface area contributed by atoms with Crippen LogP contribution >= 0.6 is 11.3 Å². The van der Waals surface area contributed by atoms with Gasteiger partial charge in [-0.2, -0.15) is 0 Å². The molecule has 0 atom stereocenters. The third kappa shape index (κ3) is 1.57. The van der Waals surface area contributed by atoms with Crippen LogP contribution in [0.1, 0.15) is 10.5 Å². The number of aldehydes is 1. The Labute approximate surface area is 102 Å². The molecule has 0 unspecified atom stereocenters. The molecule has 1 aromatic carbocycles. The van der Waals surface area contributed by atoms with Crippen LogP contribution in [-0.2, 0) is 7.05 Å².